The van der Waals surface area contributed by atoms with Gasteiger partial charge in [-0.2, -0.15) is 0 Å². The Bertz CT molecular complexity index is 499. The van der Waals surface area contributed by atoms with E-state index in [1.165, 1.54) is 32.1 Å². The third kappa shape index (κ3) is 3.05. The zero-order chi connectivity index (χ0) is 15.6. The summed E-state index contributed by atoms with van der Waals surface area (Å²) in [5.41, 5.74) is -0.0398. The molecule has 1 aromatic heterocycles. The van der Waals surface area contributed by atoms with Gasteiger partial charge < -0.3 is 14.8 Å². The molecule has 0 aromatic carbocycles. The van der Waals surface area contributed by atoms with Crippen molar-refractivity contribution in [3.63, 3.8) is 0 Å². The summed E-state index contributed by atoms with van der Waals surface area (Å²) in [6.07, 6.45) is 13.8. The molecule has 0 unspecified atom stereocenters. The largest absolute Gasteiger partial charge is 0.354 e. The van der Waals surface area contributed by atoms with E-state index in [0.717, 1.165) is 25.9 Å². The van der Waals surface area contributed by atoms with Gasteiger partial charge in [-0.3, -0.25) is 4.79 Å². The molecule has 0 spiro atoms. The van der Waals surface area contributed by atoms with Gasteiger partial charge in [-0.15, -0.1) is 0 Å². The van der Waals surface area contributed by atoms with Crippen molar-refractivity contribution >= 4 is 5.91 Å². The maximum Gasteiger partial charge on any atom is 0.228 e. The predicted molar refractivity (Wildman–Crippen MR) is 86.4 cm³/mol. The summed E-state index contributed by atoms with van der Waals surface area (Å²) in [4.78, 5) is 19.1. The molecule has 1 amide bonds. The van der Waals surface area contributed by atoms with Gasteiger partial charge in [0.2, 0.25) is 5.91 Å². The third-order valence-corrected chi connectivity index (χ3v) is 5.69. The molecule has 1 N–H and O–H groups in total. The Morgan fingerprint density at radius 2 is 1.95 bits per heavy atom. The Morgan fingerprint density at radius 3 is 2.50 bits per heavy atom. The number of rotatable bonds is 6. The number of hydrogen-bond donors (Lipinski definition) is 1. The molecule has 3 rings (SSSR count). The summed E-state index contributed by atoms with van der Waals surface area (Å²) in [7, 11) is 4.30. The summed E-state index contributed by atoms with van der Waals surface area (Å²) in [6.45, 7) is 1.54. The van der Waals surface area contributed by atoms with Crippen LogP contribution in [0.2, 0.25) is 0 Å². The Kier molecular flexibility index (Phi) is 4.26. The maximum absolute atomic E-state index is 12.7. The molecule has 2 aliphatic rings. The highest BCUT2D eigenvalue weighted by atomic mass is 16.2. The van der Waals surface area contributed by atoms with E-state index in [2.05, 4.69) is 29.3 Å². The van der Waals surface area contributed by atoms with Gasteiger partial charge in [0.05, 0.1) is 11.7 Å². The predicted octanol–water partition coefficient (Wildman–Crippen LogP) is 2.04. The monoisotopic (exact) mass is 304 g/mol. The fourth-order valence-corrected chi connectivity index (χ4v) is 3.76. The Morgan fingerprint density at radius 1 is 1.23 bits per heavy atom. The van der Waals surface area contributed by atoms with Gasteiger partial charge in [-0.05, 0) is 39.8 Å². The van der Waals surface area contributed by atoms with Gasteiger partial charge in [-0.1, -0.05) is 19.3 Å². The third-order valence-electron chi connectivity index (χ3n) is 5.69. The van der Waals surface area contributed by atoms with Crippen LogP contribution in [0.3, 0.4) is 0 Å². The molecule has 5 nitrogen and oxygen atoms in total. The van der Waals surface area contributed by atoms with Crippen molar-refractivity contribution in [1.82, 2.24) is 19.8 Å². The van der Waals surface area contributed by atoms with Crippen molar-refractivity contribution in [1.29, 1.82) is 0 Å². The number of hydrogen-bond acceptors (Lipinski definition) is 3. The molecule has 2 fully saturated rings. The molecule has 0 bridgehead atoms. The van der Waals surface area contributed by atoms with Crippen molar-refractivity contribution in [2.45, 2.75) is 57.0 Å². The smallest absolute Gasteiger partial charge is 0.228 e. The van der Waals surface area contributed by atoms with Crippen LogP contribution in [-0.2, 0) is 11.3 Å². The molecule has 1 heterocycles. The second kappa shape index (κ2) is 6.03. The molecule has 2 aliphatic carbocycles. The molecule has 0 aliphatic heterocycles. The lowest BCUT2D eigenvalue weighted by Gasteiger charge is -2.43. The van der Waals surface area contributed by atoms with E-state index < -0.39 is 0 Å². The normalized spacial score (nSPS) is 22.5. The fraction of sp³-hybridized carbons (Fsp3) is 0.765. The molecule has 122 valence electrons. The zero-order valence-corrected chi connectivity index (χ0v) is 13.8. The number of nitrogens with one attached hydrogen (secondary N) is 1. The lowest BCUT2D eigenvalue weighted by Crippen LogP contribution is -2.54. The van der Waals surface area contributed by atoms with Crippen molar-refractivity contribution in [3.05, 3.63) is 18.7 Å². The highest BCUT2D eigenvalue weighted by Crippen LogP contribution is 2.47. The van der Waals surface area contributed by atoms with Crippen LogP contribution < -0.4 is 5.32 Å². The van der Waals surface area contributed by atoms with Crippen LogP contribution in [-0.4, -0.2) is 46.5 Å². The molecule has 0 saturated heterocycles. The molecule has 5 heteroatoms. The van der Waals surface area contributed by atoms with Crippen molar-refractivity contribution in [2.75, 3.05) is 20.6 Å². The highest BCUT2D eigenvalue weighted by molar-refractivity contribution is 5.85. The fourth-order valence-electron chi connectivity index (χ4n) is 3.76. The summed E-state index contributed by atoms with van der Waals surface area (Å²) in [5.74, 6) is 0.230. The molecular weight excluding hydrogens is 276 g/mol. The van der Waals surface area contributed by atoms with Gasteiger partial charge in [-0.25, -0.2) is 4.98 Å². The van der Waals surface area contributed by atoms with Gasteiger partial charge >= 0.3 is 0 Å². The minimum Gasteiger partial charge on any atom is -0.354 e. The maximum atomic E-state index is 12.7. The number of imidazole rings is 1. The number of amides is 1. The average molecular weight is 304 g/mol. The molecule has 1 aromatic rings. The minimum absolute atomic E-state index is 0.152. The van der Waals surface area contributed by atoms with Gasteiger partial charge in [0.15, 0.2) is 0 Å². The van der Waals surface area contributed by atoms with Crippen LogP contribution in [0.1, 0.15) is 44.9 Å². The average Bonchev–Trinajstić information content (AvgIpc) is 3.12. The van der Waals surface area contributed by atoms with E-state index in [1.807, 2.05) is 10.8 Å². The lowest BCUT2D eigenvalue weighted by atomic mass is 9.80. The quantitative estimate of drug-likeness (QED) is 0.875. The van der Waals surface area contributed by atoms with Crippen LogP contribution in [0.4, 0.5) is 0 Å². The summed E-state index contributed by atoms with van der Waals surface area (Å²) in [6, 6.07) is 0. The van der Waals surface area contributed by atoms with E-state index >= 15 is 0 Å². The second-order valence-corrected chi connectivity index (χ2v) is 7.38. The van der Waals surface area contributed by atoms with Crippen molar-refractivity contribution in [3.8, 4) is 0 Å². The van der Waals surface area contributed by atoms with E-state index in [9.17, 15) is 4.79 Å². The molecular formula is C17H28N4O. The van der Waals surface area contributed by atoms with Crippen LogP contribution in [0.5, 0.6) is 0 Å². The number of aromatic nitrogens is 2. The topological polar surface area (TPSA) is 50.2 Å². The van der Waals surface area contributed by atoms with E-state index in [4.69, 9.17) is 0 Å². The first-order valence-corrected chi connectivity index (χ1v) is 8.48. The van der Waals surface area contributed by atoms with E-state index in [1.54, 1.807) is 12.5 Å². The number of carbonyl (C=O) groups is 1. The first kappa shape index (κ1) is 15.5. The Balaban J connectivity index is 1.59. The Labute approximate surface area is 133 Å². The molecule has 2 saturated carbocycles. The zero-order valence-electron chi connectivity index (χ0n) is 13.8. The first-order valence-electron chi connectivity index (χ1n) is 8.48. The number of nitrogens with zero attached hydrogens (tertiary/aromatic N) is 3. The summed E-state index contributed by atoms with van der Waals surface area (Å²) < 4.78 is 2.02. The number of likely N-dealkylation sites (N-methyl/N-ethyl adjacent to an activating group) is 1. The molecule has 0 atom stereocenters. The van der Waals surface area contributed by atoms with Gasteiger partial charge in [0.25, 0.3) is 0 Å². The van der Waals surface area contributed by atoms with Crippen LogP contribution in [0.15, 0.2) is 18.7 Å². The van der Waals surface area contributed by atoms with Crippen LogP contribution >= 0.6 is 0 Å². The van der Waals surface area contributed by atoms with Crippen molar-refractivity contribution in [2.24, 2.45) is 5.41 Å². The summed E-state index contributed by atoms with van der Waals surface area (Å²) >= 11 is 0. The van der Waals surface area contributed by atoms with Crippen molar-refractivity contribution < 1.29 is 4.79 Å². The molecule has 0 radical (unpaired) electrons. The van der Waals surface area contributed by atoms with Crippen LogP contribution in [0.25, 0.3) is 0 Å². The Hall–Kier alpha value is -1.36. The SMILES string of the molecule is CN(C)C1(CNC(=O)C2(Cn3ccnc3)CC2)CCCCC1. The number of carbonyl (C=O) groups excluding carboxylic acids is 1. The second-order valence-electron chi connectivity index (χ2n) is 7.38. The standard InChI is InChI=1S/C17H28N4O/c1-20(2)17(6-4-3-5-7-17)12-19-15(22)16(8-9-16)13-21-11-10-18-14-21/h10-11,14H,3-9,12-13H2,1-2H3,(H,19,22). The minimum atomic E-state index is -0.192. The van der Waals surface area contributed by atoms with E-state index in [-0.39, 0.29) is 16.9 Å². The van der Waals surface area contributed by atoms with Crippen LogP contribution in [0, 0.1) is 5.41 Å². The van der Waals surface area contributed by atoms with E-state index in [0.29, 0.717) is 0 Å². The first-order chi connectivity index (χ1) is 10.6. The lowest BCUT2D eigenvalue weighted by molar-refractivity contribution is -0.127. The molecule has 22 heavy (non-hydrogen) atoms. The van der Waals surface area contributed by atoms with Gasteiger partial charge in [0, 0.05) is 31.0 Å². The summed E-state index contributed by atoms with van der Waals surface area (Å²) in [5, 5.41) is 3.28. The van der Waals surface area contributed by atoms with Gasteiger partial charge in [0.1, 0.15) is 0 Å². The highest BCUT2D eigenvalue weighted by Gasteiger charge is 2.50.